The Kier molecular flexibility index (Phi) is 10.7. The molecule has 3 rings (SSSR count). The van der Waals surface area contributed by atoms with Gasteiger partial charge in [0.25, 0.3) is 0 Å². The van der Waals surface area contributed by atoms with Gasteiger partial charge < -0.3 is 24.7 Å². The molecule has 10 heteroatoms. The lowest BCUT2D eigenvalue weighted by Crippen LogP contribution is -2.42. The molecular weight excluding hydrogens is 539 g/mol. The highest BCUT2D eigenvalue weighted by atomic mass is 127. The van der Waals surface area contributed by atoms with Crippen LogP contribution in [0.2, 0.25) is 0 Å². The molecule has 2 N–H and O–H groups in total. The fraction of sp³-hybridized carbons (Fsp3) is 0.409. The van der Waals surface area contributed by atoms with E-state index in [9.17, 15) is 0 Å². The van der Waals surface area contributed by atoms with E-state index in [0.717, 1.165) is 42.1 Å². The number of thiophene rings is 1. The summed E-state index contributed by atoms with van der Waals surface area (Å²) in [5.41, 5.74) is 0. The van der Waals surface area contributed by atoms with Crippen LogP contribution in [-0.2, 0) is 20.0 Å². The highest BCUT2D eigenvalue weighted by molar-refractivity contribution is 14.0. The van der Waals surface area contributed by atoms with Gasteiger partial charge in [0.1, 0.15) is 30.0 Å². The van der Waals surface area contributed by atoms with Gasteiger partial charge in [-0.3, -0.25) is 0 Å². The quantitative estimate of drug-likeness (QED) is 0.220. The third kappa shape index (κ3) is 7.97. The molecule has 1 aromatic carbocycles. The number of nitrogens with one attached hydrogen (secondary N) is 2. The largest absolute Gasteiger partial charge is 0.497 e. The molecule has 8 nitrogen and oxygen atoms in total. The molecule has 174 valence electrons. The lowest BCUT2D eigenvalue weighted by Gasteiger charge is -2.18. The number of aryl methyl sites for hydroxylation is 1. The maximum absolute atomic E-state index is 6.01. The van der Waals surface area contributed by atoms with Crippen molar-refractivity contribution in [1.29, 1.82) is 0 Å². The molecule has 0 fully saturated rings. The van der Waals surface area contributed by atoms with Crippen LogP contribution in [0.4, 0.5) is 0 Å². The zero-order valence-corrected chi connectivity index (χ0v) is 22.0. The molecule has 0 amide bonds. The Morgan fingerprint density at radius 1 is 1.19 bits per heavy atom. The summed E-state index contributed by atoms with van der Waals surface area (Å²) in [5.74, 6) is 3.95. The lowest BCUT2D eigenvalue weighted by atomic mass is 10.3. The lowest BCUT2D eigenvalue weighted by molar-refractivity contribution is 0.223. The molecule has 0 aliphatic carbocycles. The van der Waals surface area contributed by atoms with Gasteiger partial charge in [0.15, 0.2) is 11.8 Å². The van der Waals surface area contributed by atoms with Crippen molar-refractivity contribution in [2.75, 3.05) is 20.2 Å². The first-order chi connectivity index (χ1) is 15.0. The van der Waals surface area contributed by atoms with Crippen molar-refractivity contribution in [2.45, 2.75) is 32.9 Å². The highest BCUT2D eigenvalue weighted by Crippen LogP contribution is 2.19. The SMILES string of the molecule is COc1cccc(OC(C)CNC(=NCc2nnc(C)n2C)NCCc2cccs2)c1.I. The number of ether oxygens (including phenoxy) is 2. The van der Waals surface area contributed by atoms with E-state index < -0.39 is 0 Å². The topological polar surface area (TPSA) is 85.6 Å². The minimum absolute atomic E-state index is 0. The number of hydrogen-bond acceptors (Lipinski definition) is 6. The summed E-state index contributed by atoms with van der Waals surface area (Å²) >= 11 is 1.76. The number of halogens is 1. The second-order valence-electron chi connectivity index (χ2n) is 7.13. The van der Waals surface area contributed by atoms with Crippen LogP contribution in [0.15, 0.2) is 46.8 Å². The Morgan fingerprint density at radius 2 is 2.00 bits per heavy atom. The summed E-state index contributed by atoms with van der Waals surface area (Å²) in [7, 11) is 3.59. The van der Waals surface area contributed by atoms with E-state index in [1.165, 1.54) is 4.88 Å². The van der Waals surface area contributed by atoms with E-state index in [2.05, 4.69) is 38.3 Å². The molecule has 0 saturated carbocycles. The van der Waals surface area contributed by atoms with Crippen LogP contribution in [0.3, 0.4) is 0 Å². The molecule has 1 atom stereocenters. The van der Waals surface area contributed by atoms with Crippen molar-refractivity contribution >= 4 is 41.3 Å². The average molecular weight is 571 g/mol. The standard InChI is InChI=1S/C22H30N6O2S.HI/c1-16(30-19-8-5-7-18(13-19)29-4)14-24-22(23-11-10-20-9-6-12-31-20)25-15-21-27-26-17(2)28(21)3;/h5-9,12-13,16H,10-11,14-15H2,1-4H3,(H2,23,24,25);1H. The first-order valence-electron chi connectivity index (χ1n) is 10.3. The van der Waals surface area contributed by atoms with E-state index in [4.69, 9.17) is 14.5 Å². The molecule has 0 bridgehead atoms. The van der Waals surface area contributed by atoms with Crippen molar-refractivity contribution in [2.24, 2.45) is 12.0 Å². The number of methoxy groups -OCH3 is 1. The number of nitrogens with zero attached hydrogens (tertiary/aromatic N) is 4. The van der Waals surface area contributed by atoms with Gasteiger partial charge in [-0.05, 0) is 43.8 Å². The maximum Gasteiger partial charge on any atom is 0.191 e. The Labute approximate surface area is 210 Å². The van der Waals surface area contributed by atoms with Gasteiger partial charge in [0, 0.05) is 24.5 Å². The monoisotopic (exact) mass is 570 g/mol. The Hall–Kier alpha value is -2.34. The first-order valence-corrected chi connectivity index (χ1v) is 11.1. The van der Waals surface area contributed by atoms with Crippen LogP contribution >= 0.6 is 35.3 Å². The van der Waals surface area contributed by atoms with Crippen LogP contribution in [0.5, 0.6) is 11.5 Å². The minimum atomic E-state index is -0.0616. The molecule has 0 saturated heterocycles. The van der Waals surface area contributed by atoms with E-state index in [-0.39, 0.29) is 30.1 Å². The number of benzene rings is 1. The third-order valence-electron chi connectivity index (χ3n) is 4.74. The summed E-state index contributed by atoms with van der Waals surface area (Å²) in [5, 5.41) is 17.2. The molecule has 0 radical (unpaired) electrons. The highest BCUT2D eigenvalue weighted by Gasteiger charge is 2.09. The van der Waals surface area contributed by atoms with Gasteiger partial charge in [0.2, 0.25) is 0 Å². The number of guanidine groups is 1. The van der Waals surface area contributed by atoms with Crippen LogP contribution in [0.25, 0.3) is 0 Å². The summed E-state index contributed by atoms with van der Waals surface area (Å²) in [6.45, 7) is 5.77. The number of aromatic nitrogens is 3. The van der Waals surface area contributed by atoms with Crippen LogP contribution < -0.4 is 20.1 Å². The summed E-state index contributed by atoms with van der Waals surface area (Å²) in [6, 6.07) is 11.8. The zero-order valence-electron chi connectivity index (χ0n) is 18.9. The number of hydrogen-bond donors (Lipinski definition) is 2. The number of aliphatic imine (C=N–C) groups is 1. The molecule has 0 spiro atoms. The predicted octanol–water partition coefficient (Wildman–Crippen LogP) is 3.56. The molecule has 3 aromatic rings. The second-order valence-corrected chi connectivity index (χ2v) is 8.16. The average Bonchev–Trinajstić information content (AvgIpc) is 3.40. The Bertz CT molecular complexity index is 977. The minimum Gasteiger partial charge on any atom is -0.497 e. The fourth-order valence-corrected chi connectivity index (χ4v) is 3.57. The summed E-state index contributed by atoms with van der Waals surface area (Å²) in [6.07, 6.45) is 0.880. The van der Waals surface area contributed by atoms with E-state index in [1.54, 1.807) is 18.4 Å². The van der Waals surface area contributed by atoms with Gasteiger partial charge in [-0.25, -0.2) is 4.99 Å². The first kappa shape index (κ1) is 25.9. The maximum atomic E-state index is 6.01. The van der Waals surface area contributed by atoms with Crippen molar-refractivity contribution in [1.82, 2.24) is 25.4 Å². The van der Waals surface area contributed by atoms with Crippen LogP contribution in [0, 0.1) is 6.92 Å². The molecule has 1 unspecified atom stereocenters. The van der Waals surface area contributed by atoms with Gasteiger partial charge in [0.05, 0.1) is 13.7 Å². The van der Waals surface area contributed by atoms with Crippen molar-refractivity contribution < 1.29 is 9.47 Å². The molecule has 2 heterocycles. The van der Waals surface area contributed by atoms with Crippen LogP contribution in [0.1, 0.15) is 23.4 Å². The second kappa shape index (κ2) is 13.3. The van der Waals surface area contributed by atoms with E-state index in [1.807, 2.05) is 49.7 Å². The predicted molar refractivity (Wildman–Crippen MR) is 139 cm³/mol. The number of rotatable bonds is 10. The van der Waals surface area contributed by atoms with Crippen molar-refractivity contribution in [3.8, 4) is 11.5 Å². The fourth-order valence-electron chi connectivity index (χ4n) is 2.86. The molecule has 32 heavy (non-hydrogen) atoms. The van der Waals surface area contributed by atoms with E-state index >= 15 is 0 Å². The smallest absolute Gasteiger partial charge is 0.191 e. The van der Waals surface area contributed by atoms with Gasteiger partial charge in [-0.1, -0.05) is 12.1 Å². The zero-order chi connectivity index (χ0) is 22.1. The van der Waals surface area contributed by atoms with E-state index in [0.29, 0.717) is 13.1 Å². The Balaban J connectivity index is 0.00000363. The molecule has 0 aliphatic rings. The summed E-state index contributed by atoms with van der Waals surface area (Å²) < 4.78 is 13.2. The van der Waals surface area contributed by atoms with Gasteiger partial charge >= 0.3 is 0 Å². The molecule has 2 aromatic heterocycles. The van der Waals surface area contributed by atoms with Gasteiger partial charge in [-0.15, -0.1) is 45.5 Å². The molecular formula is C22H31IN6O2S. The normalized spacial score (nSPS) is 12.1. The van der Waals surface area contributed by atoms with Crippen LogP contribution in [-0.4, -0.2) is 47.0 Å². The molecule has 0 aliphatic heterocycles. The van der Waals surface area contributed by atoms with Crippen molar-refractivity contribution in [3.05, 3.63) is 58.3 Å². The van der Waals surface area contributed by atoms with Crippen molar-refractivity contribution in [3.63, 3.8) is 0 Å². The Morgan fingerprint density at radius 3 is 2.69 bits per heavy atom. The van der Waals surface area contributed by atoms with Gasteiger partial charge in [-0.2, -0.15) is 0 Å². The third-order valence-corrected chi connectivity index (χ3v) is 5.68. The summed E-state index contributed by atoms with van der Waals surface area (Å²) in [4.78, 5) is 6.03.